The Kier molecular flexibility index (Phi) is 6.77. The number of hydrogen-bond acceptors (Lipinski definition) is 5. The number of rotatable bonds is 10. The predicted molar refractivity (Wildman–Crippen MR) is 114 cm³/mol. The van der Waals surface area contributed by atoms with Crippen molar-refractivity contribution >= 4 is 17.2 Å². The first-order valence-corrected chi connectivity index (χ1v) is 11.0. The zero-order valence-corrected chi connectivity index (χ0v) is 18.4. The molecule has 1 aromatic carbocycles. The molecule has 8 heteroatoms. The quantitative estimate of drug-likeness (QED) is 0.589. The molecule has 1 aromatic heterocycles. The number of phenolic OH excluding ortho intramolecular Hbond substituents is 1. The normalized spacial score (nSPS) is 17.5. The maximum absolute atomic E-state index is 14.4. The lowest BCUT2D eigenvalue weighted by atomic mass is 9.80. The van der Waals surface area contributed by atoms with Gasteiger partial charge in [0.1, 0.15) is 5.75 Å². The lowest BCUT2D eigenvalue weighted by Gasteiger charge is -2.31. The van der Waals surface area contributed by atoms with Gasteiger partial charge >= 0.3 is 0 Å². The van der Waals surface area contributed by atoms with Gasteiger partial charge in [-0.2, -0.15) is 0 Å². The molecule has 0 spiro atoms. The first-order chi connectivity index (χ1) is 14.1. The fourth-order valence-corrected chi connectivity index (χ4v) is 4.86. The SMILES string of the molecule is CN(C)[C@H](CNC(=O)C[C@@H](c1cncs1)C1(C(C)(F)F)CC1)Cc1ccc(O)cc1. The van der Waals surface area contributed by atoms with Gasteiger partial charge in [0.25, 0.3) is 5.92 Å². The highest BCUT2D eigenvalue weighted by Gasteiger charge is 2.64. The van der Waals surface area contributed by atoms with Crippen molar-refractivity contribution in [3.8, 4) is 5.75 Å². The molecule has 30 heavy (non-hydrogen) atoms. The molecular formula is C22H29F2N3O2S. The van der Waals surface area contributed by atoms with Gasteiger partial charge in [0, 0.05) is 41.4 Å². The molecule has 5 nitrogen and oxygen atoms in total. The summed E-state index contributed by atoms with van der Waals surface area (Å²) in [6.07, 6.45) is 3.19. The van der Waals surface area contributed by atoms with E-state index in [1.165, 1.54) is 11.3 Å². The zero-order valence-electron chi connectivity index (χ0n) is 17.6. The summed E-state index contributed by atoms with van der Waals surface area (Å²) in [4.78, 5) is 19.6. The van der Waals surface area contributed by atoms with Crippen LogP contribution in [0.15, 0.2) is 36.0 Å². The third-order valence-corrected chi connectivity index (χ3v) is 7.08. The number of aromatic nitrogens is 1. The molecule has 2 aromatic rings. The fourth-order valence-electron chi connectivity index (χ4n) is 4.02. The molecule has 1 aliphatic carbocycles. The van der Waals surface area contributed by atoms with Crippen LogP contribution in [0.1, 0.15) is 42.5 Å². The number of alkyl halides is 2. The molecule has 0 saturated heterocycles. The van der Waals surface area contributed by atoms with E-state index in [1.54, 1.807) is 23.8 Å². The van der Waals surface area contributed by atoms with Crippen LogP contribution in [0.5, 0.6) is 5.75 Å². The number of thiazole rings is 1. The van der Waals surface area contributed by atoms with Crippen LogP contribution in [0, 0.1) is 5.41 Å². The molecule has 164 valence electrons. The van der Waals surface area contributed by atoms with Crippen LogP contribution in [0.25, 0.3) is 0 Å². The van der Waals surface area contributed by atoms with Gasteiger partial charge < -0.3 is 15.3 Å². The van der Waals surface area contributed by atoms with Crippen LogP contribution in [0.3, 0.4) is 0 Å². The van der Waals surface area contributed by atoms with Crippen molar-refractivity contribution < 1.29 is 18.7 Å². The summed E-state index contributed by atoms with van der Waals surface area (Å²) in [5.74, 6) is -3.38. The van der Waals surface area contributed by atoms with Gasteiger partial charge in [-0.3, -0.25) is 9.78 Å². The minimum Gasteiger partial charge on any atom is -0.508 e. The molecule has 2 atom stereocenters. The molecule has 0 aliphatic heterocycles. The van der Waals surface area contributed by atoms with Crippen LogP contribution >= 0.6 is 11.3 Å². The van der Waals surface area contributed by atoms with Gasteiger partial charge in [0.15, 0.2) is 0 Å². The van der Waals surface area contributed by atoms with Crippen LogP contribution in [-0.4, -0.2) is 53.5 Å². The monoisotopic (exact) mass is 437 g/mol. The molecule has 0 radical (unpaired) electrons. The Morgan fingerprint density at radius 1 is 1.33 bits per heavy atom. The van der Waals surface area contributed by atoms with Gasteiger partial charge in [-0.25, -0.2) is 8.78 Å². The lowest BCUT2D eigenvalue weighted by molar-refractivity contribution is -0.123. The second kappa shape index (κ2) is 8.98. The van der Waals surface area contributed by atoms with E-state index in [2.05, 4.69) is 10.3 Å². The summed E-state index contributed by atoms with van der Waals surface area (Å²) in [5, 5.41) is 12.4. The van der Waals surface area contributed by atoms with Crippen LogP contribution < -0.4 is 5.32 Å². The maximum atomic E-state index is 14.4. The molecule has 1 aliphatic rings. The van der Waals surface area contributed by atoms with E-state index in [4.69, 9.17) is 0 Å². The number of phenols is 1. The van der Waals surface area contributed by atoms with E-state index >= 15 is 0 Å². The Morgan fingerprint density at radius 2 is 2.00 bits per heavy atom. The topological polar surface area (TPSA) is 65.5 Å². The molecule has 1 heterocycles. The summed E-state index contributed by atoms with van der Waals surface area (Å²) in [6.45, 7) is 1.38. The number of halogens is 2. The van der Waals surface area contributed by atoms with Crippen molar-refractivity contribution in [1.82, 2.24) is 15.2 Å². The van der Waals surface area contributed by atoms with Crippen molar-refractivity contribution in [1.29, 1.82) is 0 Å². The minimum absolute atomic E-state index is 0.0327. The smallest absolute Gasteiger partial charge is 0.251 e. The summed E-state index contributed by atoms with van der Waals surface area (Å²) in [6, 6.07) is 7.03. The second-order valence-corrected chi connectivity index (χ2v) is 9.42. The van der Waals surface area contributed by atoms with Crippen molar-refractivity contribution in [2.75, 3.05) is 20.6 Å². The first kappa shape index (κ1) is 22.6. The molecule has 0 unspecified atom stereocenters. The summed E-state index contributed by atoms with van der Waals surface area (Å²) in [5.41, 5.74) is 1.53. The van der Waals surface area contributed by atoms with E-state index in [0.29, 0.717) is 25.8 Å². The number of hydrogen-bond donors (Lipinski definition) is 2. The predicted octanol–water partition coefficient (Wildman–Crippen LogP) is 4.05. The summed E-state index contributed by atoms with van der Waals surface area (Å²) in [7, 11) is 3.88. The maximum Gasteiger partial charge on any atom is 0.251 e. The van der Waals surface area contributed by atoms with E-state index in [9.17, 15) is 18.7 Å². The van der Waals surface area contributed by atoms with Gasteiger partial charge in [-0.05, 0) is 58.0 Å². The number of nitrogens with zero attached hydrogens (tertiary/aromatic N) is 2. The number of benzene rings is 1. The number of carbonyl (C=O) groups is 1. The van der Waals surface area contributed by atoms with Crippen LogP contribution in [-0.2, 0) is 11.2 Å². The van der Waals surface area contributed by atoms with Crippen molar-refractivity contribution in [2.24, 2.45) is 5.41 Å². The standard InChI is InChI=1S/C22H29F2N3O2S/c1-21(23,24)22(8-9-22)18(19-13-25-14-30-19)11-20(29)26-12-16(27(2)3)10-15-4-6-17(28)7-5-15/h4-7,13-14,16,18,28H,8-12H2,1-3H3,(H,26,29)/t16-,18-/m0/s1. The Labute approximate surface area is 180 Å². The lowest BCUT2D eigenvalue weighted by Crippen LogP contribution is -2.42. The largest absolute Gasteiger partial charge is 0.508 e. The third-order valence-electron chi connectivity index (χ3n) is 6.19. The Bertz CT molecular complexity index is 831. The highest BCUT2D eigenvalue weighted by Crippen LogP contribution is 2.65. The van der Waals surface area contributed by atoms with Crippen LogP contribution in [0.2, 0.25) is 0 Å². The molecule has 3 rings (SSSR count). The van der Waals surface area contributed by atoms with Gasteiger partial charge in [-0.15, -0.1) is 11.3 Å². The van der Waals surface area contributed by atoms with Crippen LogP contribution in [0.4, 0.5) is 8.78 Å². The molecule has 1 saturated carbocycles. The third kappa shape index (κ3) is 5.16. The Morgan fingerprint density at radius 3 is 2.50 bits per heavy atom. The van der Waals surface area contributed by atoms with E-state index in [-0.39, 0.29) is 24.1 Å². The van der Waals surface area contributed by atoms with Gasteiger partial charge in [0.2, 0.25) is 5.91 Å². The number of nitrogens with one attached hydrogen (secondary N) is 1. The number of amides is 1. The average Bonchev–Trinajstić information content (AvgIpc) is 3.32. The second-order valence-electron chi connectivity index (χ2n) is 8.50. The van der Waals surface area contributed by atoms with Crippen molar-refractivity contribution in [2.45, 2.75) is 50.5 Å². The molecule has 0 bridgehead atoms. The number of likely N-dealkylation sites (N-methyl/N-ethyl adjacent to an activating group) is 1. The van der Waals surface area contributed by atoms with E-state index in [0.717, 1.165) is 17.4 Å². The first-order valence-electron chi connectivity index (χ1n) is 10.1. The highest BCUT2D eigenvalue weighted by molar-refractivity contribution is 7.09. The molecule has 1 fully saturated rings. The van der Waals surface area contributed by atoms with E-state index in [1.807, 2.05) is 31.1 Å². The van der Waals surface area contributed by atoms with Crippen molar-refractivity contribution in [3.63, 3.8) is 0 Å². The highest BCUT2D eigenvalue weighted by atomic mass is 32.1. The van der Waals surface area contributed by atoms with E-state index < -0.39 is 17.3 Å². The number of carbonyl (C=O) groups excluding carboxylic acids is 1. The fraction of sp³-hybridized carbons (Fsp3) is 0.545. The average molecular weight is 438 g/mol. The minimum atomic E-state index is -2.84. The van der Waals surface area contributed by atoms with Gasteiger partial charge in [-0.1, -0.05) is 12.1 Å². The molecule has 1 amide bonds. The zero-order chi connectivity index (χ0) is 21.9. The summed E-state index contributed by atoms with van der Waals surface area (Å²) < 4.78 is 28.7. The van der Waals surface area contributed by atoms with Gasteiger partial charge in [0.05, 0.1) is 5.51 Å². The summed E-state index contributed by atoms with van der Waals surface area (Å²) >= 11 is 1.34. The molecule has 2 N–H and O–H groups in total. The Hall–Kier alpha value is -2.06. The molecular weight excluding hydrogens is 408 g/mol. The van der Waals surface area contributed by atoms with Crippen molar-refractivity contribution in [3.05, 3.63) is 46.4 Å². The number of aromatic hydroxyl groups is 1. The Balaban J connectivity index is 1.64.